The highest BCUT2D eigenvalue weighted by atomic mass is 19.1. The van der Waals surface area contributed by atoms with E-state index in [1.54, 1.807) is 12.1 Å². The highest BCUT2D eigenvalue weighted by Crippen LogP contribution is 2.37. The molecule has 0 saturated carbocycles. The van der Waals surface area contributed by atoms with Gasteiger partial charge in [-0.2, -0.15) is 0 Å². The lowest BCUT2D eigenvalue weighted by molar-refractivity contribution is 0.0182. The first-order chi connectivity index (χ1) is 13.8. The second-order valence-corrected chi connectivity index (χ2v) is 8.33. The first kappa shape index (κ1) is 21.2. The van der Waals surface area contributed by atoms with Gasteiger partial charge in [-0.1, -0.05) is 72.8 Å². The predicted molar refractivity (Wildman–Crippen MR) is 117 cm³/mol. The summed E-state index contributed by atoms with van der Waals surface area (Å²) in [7, 11) is 0. The molecule has 0 heterocycles. The lowest BCUT2D eigenvalue weighted by Gasteiger charge is -2.39. The number of nitrogens with zero attached hydrogens (tertiary/aromatic N) is 1. The van der Waals surface area contributed by atoms with Gasteiger partial charge in [-0.25, -0.2) is 4.39 Å². The van der Waals surface area contributed by atoms with Crippen LogP contribution >= 0.6 is 0 Å². The van der Waals surface area contributed by atoms with Crippen LogP contribution in [0.2, 0.25) is 0 Å². The molecular weight excluding hydrogens is 361 g/mol. The van der Waals surface area contributed by atoms with Crippen molar-refractivity contribution in [1.29, 1.82) is 0 Å². The molecule has 0 aliphatic heterocycles. The first-order valence-corrected chi connectivity index (χ1v) is 10.2. The monoisotopic (exact) mass is 391 g/mol. The Labute approximate surface area is 173 Å². The molecule has 0 amide bonds. The van der Waals surface area contributed by atoms with Crippen LogP contribution in [-0.2, 0) is 6.54 Å². The van der Waals surface area contributed by atoms with E-state index in [2.05, 4.69) is 36.1 Å². The van der Waals surface area contributed by atoms with Crippen molar-refractivity contribution in [3.63, 3.8) is 0 Å². The van der Waals surface area contributed by atoms with Crippen LogP contribution in [0.4, 0.5) is 4.39 Å². The molecule has 0 radical (unpaired) electrons. The molecular formula is C26H30FNO. The quantitative estimate of drug-likeness (QED) is 0.488. The molecule has 2 atom stereocenters. The molecule has 2 unspecified atom stereocenters. The lowest BCUT2D eigenvalue weighted by Crippen LogP contribution is -2.36. The molecule has 0 bridgehead atoms. The van der Waals surface area contributed by atoms with Gasteiger partial charge in [0.05, 0.1) is 5.60 Å². The fourth-order valence-electron chi connectivity index (χ4n) is 3.85. The summed E-state index contributed by atoms with van der Waals surface area (Å²) < 4.78 is 14.1. The molecule has 3 heteroatoms. The topological polar surface area (TPSA) is 23.5 Å². The summed E-state index contributed by atoms with van der Waals surface area (Å²) in [6.07, 6.45) is 0.500. The van der Waals surface area contributed by atoms with Gasteiger partial charge in [0.2, 0.25) is 0 Å². The average Bonchev–Trinajstić information content (AvgIpc) is 2.71. The third-order valence-electron chi connectivity index (χ3n) is 5.31. The maximum Gasteiger partial charge on any atom is 0.123 e. The molecule has 0 aliphatic rings. The molecule has 0 spiro atoms. The minimum atomic E-state index is -0.887. The molecule has 29 heavy (non-hydrogen) atoms. The number of aliphatic hydroxyl groups is 1. The Morgan fingerprint density at radius 1 is 0.862 bits per heavy atom. The van der Waals surface area contributed by atoms with Crippen molar-refractivity contribution in [3.8, 4) is 0 Å². The third-order valence-corrected chi connectivity index (χ3v) is 5.31. The zero-order chi connectivity index (χ0) is 20.9. The molecule has 3 rings (SSSR count). The second kappa shape index (κ2) is 9.34. The van der Waals surface area contributed by atoms with Crippen molar-refractivity contribution in [1.82, 2.24) is 4.90 Å². The highest BCUT2D eigenvalue weighted by molar-refractivity contribution is 5.25. The Hall–Kier alpha value is -2.49. The van der Waals surface area contributed by atoms with Gasteiger partial charge in [-0.05, 0) is 56.0 Å². The van der Waals surface area contributed by atoms with Crippen LogP contribution in [-0.4, -0.2) is 15.6 Å². The van der Waals surface area contributed by atoms with E-state index in [0.717, 1.165) is 5.56 Å². The van der Waals surface area contributed by atoms with Crippen molar-refractivity contribution < 1.29 is 9.50 Å². The van der Waals surface area contributed by atoms with Gasteiger partial charge in [-0.15, -0.1) is 0 Å². The summed E-state index contributed by atoms with van der Waals surface area (Å²) in [5.41, 5.74) is 2.38. The van der Waals surface area contributed by atoms with Gasteiger partial charge in [0.25, 0.3) is 0 Å². The summed E-state index contributed by atoms with van der Waals surface area (Å²) in [5, 5.41) is 10.7. The fraction of sp³-hybridized carbons (Fsp3) is 0.308. The molecule has 152 valence electrons. The maximum atomic E-state index is 14.1. The van der Waals surface area contributed by atoms with Crippen molar-refractivity contribution >= 4 is 0 Å². The zero-order valence-corrected chi connectivity index (χ0v) is 17.4. The van der Waals surface area contributed by atoms with Crippen molar-refractivity contribution in [2.24, 2.45) is 0 Å². The minimum absolute atomic E-state index is 0.0898. The first-order valence-electron chi connectivity index (χ1n) is 10.2. The van der Waals surface area contributed by atoms with E-state index in [9.17, 15) is 9.50 Å². The Morgan fingerprint density at radius 2 is 1.45 bits per heavy atom. The molecule has 3 aromatic carbocycles. The van der Waals surface area contributed by atoms with E-state index in [0.29, 0.717) is 13.0 Å². The van der Waals surface area contributed by atoms with Crippen molar-refractivity contribution in [2.75, 3.05) is 0 Å². The number of hydrogen-bond acceptors (Lipinski definition) is 2. The number of benzene rings is 3. The Balaban J connectivity index is 2.05. The normalized spacial score (nSPS) is 14.0. The van der Waals surface area contributed by atoms with E-state index >= 15 is 0 Å². The van der Waals surface area contributed by atoms with Gasteiger partial charge < -0.3 is 5.11 Å². The molecule has 1 N–H and O–H groups in total. The molecule has 2 nitrogen and oxygen atoms in total. The van der Waals surface area contributed by atoms with Crippen molar-refractivity contribution in [3.05, 3.63) is 107 Å². The third kappa shape index (κ3) is 5.99. The van der Waals surface area contributed by atoms with Crippen LogP contribution in [0.1, 0.15) is 56.0 Å². The highest BCUT2D eigenvalue weighted by Gasteiger charge is 2.31. The van der Waals surface area contributed by atoms with Crippen LogP contribution < -0.4 is 0 Å². The summed E-state index contributed by atoms with van der Waals surface area (Å²) in [6.45, 7) is 6.50. The summed E-state index contributed by atoms with van der Waals surface area (Å²) in [6, 6.07) is 27.3. The van der Waals surface area contributed by atoms with Gasteiger partial charge >= 0.3 is 0 Å². The Morgan fingerprint density at radius 3 is 2.03 bits per heavy atom. The van der Waals surface area contributed by atoms with Gasteiger partial charge in [-0.3, -0.25) is 4.90 Å². The number of hydrogen-bond donors (Lipinski definition) is 1. The molecule has 0 saturated heterocycles. The average molecular weight is 392 g/mol. The summed E-state index contributed by atoms with van der Waals surface area (Å²) >= 11 is 0. The lowest BCUT2D eigenvalue weighted by atomic mass is 9.90. The SMILES string of the molecule is CC(c1ccccc1)N(Cc1ccccc1)C(CC(C)(C)O)c1cccc(F)c1. The zero-order valence-electron chi connectivity index (χ0n) is 17.4. The van der Waals surface area contributed by atoms with Crippen LogP contribution in [0.15, 0.2) is 84.9 Å². The van der Waals surface area contributed by atoms with E-state index in [4.69, 9.17) is 0 Å². The standard InChI is InChI=1S/C26H30FNO/c1-20(22-13-8-5-9-14-22)28(19-21-11-6-4-7-12-21)25(18-26(2,3)29)23-15-10-16-24(27)17-23/h4-17,20,25,29H,18-19H2,1-3H3. The Bertz CT molecular complexity index is 889. The number of halogens is 1. The van der Waals surface area contributed by atoms with Crippen LogP contribution in [0, 0.1) is 5.82 Å². The maximum absolute atomic E-state index is 14.1. The van der Waals surface area contributed by atoms with E-state index in [1.807, 2.05) is 56.3 Å². The van der Waals surface area contributed by atoms with Gasteiger partial charge in [0.15, 0.2) is 0 Å². The minimum Gasteiger partial charge on any atom is -0.390 e. The molecule has 3 aromatic rings. The van der Waals surface area contributed by atoms with Crippen LogP contribution in [0.3, 0.4) is 0 Å². The molecule has 0 fully saturated rings. The van der Waals surface area contributed by atoms with E-state index in [1.165, 1.54) is 17.2 Å². The number of rotatable bonds is 8. The molecule has 0 aromatic heterocycles. The summed E-state index contributed by atoms with van der Waals surface area (Å²) in [5.74, 6) is -0.254. The van der Waals surface area contributed by atoms with Gasteiger partial charge in [0.1, 0.15) is 5.82 Å². The Kier molecular flexibility index (Phi) is 6.83. The van der Waals surface area contributed by atoms with Crippen LogP contribution in [0.25, 0.3) is 0 Å². The van der Waals surface area contributed by atoms with E-state index < -0.39 is 5.60 Å². The molecule has 0 aliphatic carbocycles. The largest absolute Gasteiger partial charge is 0.390 e. The van der Waals surface area contributed by atoms with E-state index in [-0.39, 0.29) is 17.9 Å². The predicted octanol–water partition coefficient (Wildman–Crippen LogP) is 6.29. The van der Waals surface area contributed by atoms with Crippen molar-refractivity contribution in [2.45, 2.75) is 51.4 Å². The fourth-order valence-corrected chi connectivity index (χ4v) is 3.85. The second-order valence-electron chi connectivity index (χ2n) is 8.33. The smallest absolute Gasteiger partial charge is 0.123 e. The summed E-state index contributed by atoms with van der Waals surface area (Å²) in [4.78, 5) is 2.36. The van der Waals surface area contributed by atoms with Gasteiger partial charge in [0, 0.05) is 18.6 Å². The van der Waals surface area contributed by atoms with Crippen LogP contribution in [0.5, 0.6) is 0 Å².